The van der Waals surface area contributed by atoms with Crippen LogP contribution in [0.4, 0.5) is 5.69 Å². The summed E-state index contributed by atoms with van der Waals surface area (Å²) in [5, 5.41) is 2.04. The number of para-hydroxylation sites is 1. The molecule has 72 valence electrons. The van der Waals surface area contributed by atoms with Gasteiger partial charge in [0, 0.05) is 0 Å². The molecule has 2 heteroatoms. The average molecular weight is 187 g/mol. The third kappa shape index (κ3) is 1.23. The zero-order valence-corrected chi connectivity index (χ0v) is 7.97. The lowest BCUT2D eigenvalue weighted by molar-refractivity contribution is 0.00353. The average Bonchev–Trinajstić information content (AvgIpc) is 2.32. The molecule has 0 unspecified atom stereocenters. The van der Waals surface area contributed by atoms with Crippen LogP contribution in [0.5, 0.6) is 0 Å². The number of fused-ring (bicyclic) bond motifs is 2. The normalized spacial score (nSPS) is 29.6. The van der Waals surface area contributed by atoms with E-state index in [1.807, 2.05) is 23.3 Å². The predicted octanol–water partition coefficient (Wildman–Crippen LogP) is 2.53. The van der Waals surface area contributed by atoms with Crippen LogP contribution in [-0.2, 0) is 4.84 Å². The van der Waals surface area contributed by atoms with Crippen molar-refractivity contribution < 1.29 is 4.84 Å². The van der Waals surface area contributed by atoms with Crippen LogP contribution in [-0.4, -0.2) is 12.1 Å². The summed E-state index contributed by atoms with van der Waals surface area (Å²) >= 11 is 0. The Bertz CT molecular complexity index is 347. The van der Waals surface area contributed by atoms with E-state index in [9.17, 15) is 0 Å². The second kappa shape index (κ2) is 3.14. The van der Waals surface area contributed by atoms with Crippen LogP contribution in [0.1, 0.15) is 12.8 Å². The van der Waals surface area contributed by atoms with Crippen molar-refractivity contribution in [2.75, 3.05) is 5.06 Å². The van der Waals surface area contributed by atoms with Gasteiger partial charge in [-0.05, 0) is 25.0 Å². The Kier molecular flexibility index (Phi) is 1.81. The number of rotatable bonds is 1. The third-order valence-electron chi connectivity index (χ3n) is 2.86. The molecule has 2 aliphatic heterocycles. The highest BCUT2D eigenvalue weighted by molar-refractivity contribution is 5.46. The SMILES string of the molecule is C1=C[C@H]2CC[C@@H]1ON2c1ccccc1. The van der Waals surface area contributed by atoms with Gasteiger partial charge >= 0.3 is 0 Å². The summed E-state index contributed by atoms with van der Waals surface area (Å²) in [5.41, 5.74) is 1.16. The third-order valence-corrected chi connectivity index (χ3v) is 2.86. The van der Waals surface area contributed by atoms with Gasteiger partial charge in [-0.15, -0.1) is 0 Å². The summed E-state index contributed by atoms with van der Waals surface area (Å²) in [7, 11) is 0. The van der Waals surface area contributed by atoms with Gasteiger partial charge in [-0.2, -0.15) is 0 Å². The van der Waals surface area contributed by atoms with E-state index in [0.717, 1.165) is 12.1 Å². The molecule has 1 aliphatic carbocycles. The Labute approximate surface area is 83.7 Å². The van der Waals surface area contributed by atoms with Crippen LogP contribution >= 0.6 is 0 Å². The molecule has 1 saturated heterocycles. The van der Waals surface area contributed by atoms with E-state index in [2.05, 4.69) is 24.3 Å². The molecule has 2 atom stereocenters. The van der Waals surface area contributed by atoms with Crippen molar-refractivity contribution >= 4 is 5.69 Å². The van der Waals surface area contributed by atoms with Gasteiger partial charge in [0.1, 0.15) is 6.10 Å². The lowest BCUT2D eigenvalue weighted by Crippen LogP contribution is -2.45. The van der Waals surface area contributed by atoms with Crippen molar-refractivity contribution in [3.05, 3.63) is 42.5 Å². The summed E-state index contributed by atoms with van der Waals surface area (Å²) in [4.78, 5) is 5.82. The molecule has 2 nitrogen and oxygen atoms in total. The highest BCUT2D eigenvalue weighted by atomic mass is 16.7. The molecule has 4 rings (SSSR count). The van der Waals surface area contributed by atoms with E-state index in [1.165, 1.54) is 6.42 Å². The zero-order chi connectivity index (χ0) is 9.38. The first-order valence-corrected chi connectivity index (χ1v) is 5.13. The van der Waals surface area contributed by atoms with Crippen LogP contribution in [0.3, 0.4) is 0 Å². The summed E-state index contributed by atoms with van der Waals surface area (Å²) in [6.45, 7) is 0. The van der Waals surface area contributed by atoms with E-state index in [4.69, 9.17) is 4.84 Å². The van der Waals surface area contributed by atoms with Crippen LogP contribution < -0.4 is 5.06 Å². The van der Waals surface area contributed by atoms with Crippen molar-refractivity contribution in [1.29, 1.82) is 0 Å². The number of nitrogens with zero attached hydrogens (tertiary/aromatic N) is 1. The number of anilines is 1. The van der Waals surface area contributed by atoms with E-state index >= 15 is 0 Å². The molecule has 1 fully saturated rings. The molecule has 2 heterocycles. The summed E-state index contributed by atoms with van der Waals surface area (Å²) in [6.07, 6.45) is 7.08. The molecule has 0 amide bonds. The summed E-state index contributed by atoms with van der Waals surface area (Å²) in [6, 6.07) is 10.7. The molecule has 0 radical (unpaired) electrons. The fraction of sp³-hybridized carbons (Fsp3) is 0.333. The van der Waals surface area contributed by atoms with E-state index < -0.39 is 0 Å². The molecule has 0 aromatic heterocycles. The highest BCUT2D eigenvalue weighted by Gasteiger charge is 2.30. The van der Waals surface area contributed by atoms with Gasteiger partial charge in [0.25, 0.3) is 0 Å². The van der Waals surface area contributed by atoms with Crippen LogP contribution in [0.15, 0.2) is 42.5 Å². The van der Waals surface area contributed by atoms with Gasteiger partial charge in [-0.25, -0.2) is 5.06 Å². The quantitative estimate of drug-likeness (QED) is 0.626. The van der Waals surface area contributed by atoms with Gasteiger partial charge in [-0.3, -0.25) is 4.84 Å². The van der Waals surface area contributed by atoms with Crippen molar-refractivity contribution in [3.8, 4) is 0 Å². The van der Waals surface area contributed by atoms with Gasteiger partial charge in [0.15, 0.2) is 0 Å². The molecule has 14 heavy (non-hydrogen) atoms. The Morgan fingerprint density at radius 1 is 1.07 bits per heavy atom. The van der Waals surface area contributed by atoms with Crippen LogP contribution in [0.2, 0.25) is 0 Å². The molecular formula is C12H13NO. The number of hydrogen-bond donors (Lipinski definition) is 0. The number of hydrogen-bond acceptors (Lipinski definition) is 2. The Morgan fingerprint density at radius 3 is 2.50 bits per heavy atom. The Morgan fingerprint density at radius 2 is 1.93 bits per heavy atom. The standard InChI is InChI=1S/C12H13NO/c1-2-4-10(5-3-1)13-11-6-8-12(14-13)9-7-11/h1-6,8,11-12H,7,9H2/t11-,12+/m0/s1. The van der Waals surface area contributed by atoms with E-state index in [-0.39, 0.29) is 0 Å². The van der Waals surface area contributed by atoms with Crippen molar-refractivity contribution in [2.24, 2.45) is 0 Å². The minimum atomic E-state index is 0.292. The second-order valence-electron chi connectivity index (χ2n) is 3.83. The highest BCUT2D eigenvalue weighted by Crippen LogP contribution is 2.31. The van der Waals surface area contributed by atoms with Crippen molar-refractivity contribution in [3.63, 3.8) is 0 Å². The Balaban J connectivity index is 1.91. The largest absolute Gasteiger partial charge is 0.265 e. The fourth-order valence-electron chi connectivity index (χ4n) is 2.11. The lowest BCUT2D eigenvalue weighted by Gasteiger charge is -2.41. The summed E-state index contributed by atoms with van der Waals surface area (Å²) in [5.74, 6) is 0. The number of benzene rings is 1. The maximum absolute atomic E-state index is 5.82. The van der Waals surface area contributed by atoms with Crippen LogP contribution in [0.25, 0.3) is 0 Å². The maximum Gasteiger partial charge on any atom is 0.104 e. The van der Waals surface area contributed by atoms with E-state index in [0.29, 0.717) is 12.1 Å². The molecule has 2 bridgehead atoms. The fourth-order valence-corrected chi connectivity index (χ4v) is 2.11. The second-order valence-corrected chi connectivity index (χ2v) is 3.83. The molecular weight excluding hydrogens is 174 g/mol. The van der Waals surface area contributed by atoms with Gasteiger partial charge in [0.2, 0.25) is 0 Å². The molecule has 0 spiro atoms. The molecule has 3 aliphatic rings. The van der Waals surface area contributed by atoms with Crippen molar-refractivity contribution in [1.82, 2.24) is 0 Å². The first-order chi connectivity index (χ1) is 6.93. The van der Waals surface area contributed by atoms with Crippen molar-refractivity contribution in [2.45, 2.75) is 25.0 Å². The first-order valence-electron chi connectivity index (χ1n) is 5.13. The molecule has 0 N–H and O–H groups in total. The molecule has 1 aromatic carbocycles. The zero-order valence-electron chi connectivity index (χ0n) is 7.97. The van der Waals surface area contributed by atoms with Gasteiger partial charge < -0.3 is 0 Å². The molecule has 0 saturated carbocycles. The number of hydroxylamine groups is 1. The smallest absolute Gasteiger partial charge is 0.104 e. The van der Waals surface area contributed by atoms with E-state index in [1.54, 1.807) is 0 Å². The minimum Gasteiger partial charge on any atom is -0.265 e. The Hall–Kier alpha value is -1.28. The van der Waals surface area contributed by atoms with Crippen LogP contribution in [0, 0.1) is 0 Å². The van der Waals surface area contributed by atoms with Gasteiger partial charge in [-0.1, -0.05) is 30.4 Å². The molecule has 1 aromatic rings. The predicted molar refractivity (Wildman–Crippen MR) is 56.0 cm³/mol. The first kappa shape index (κ1) is 8.06. The van der Waals surface area contributed by atoms with Gasteiger partial charge in [0.05, 0.1) is 11.7 Å². The summed E-state index contributed by atoms with van der Waals surface area (Å²) < 4.78 is 0. The maximum atomic E-state index is 5.82. The topological polar surface area (TPSA) is 12.5 Å². The minimum absolute atomic E-state index is 0.292. The monoisotopic (exact) mass is 187 g/mol. The lowest BCUT2D eigenvalue weighted by atomic mass is 9.98.